The smallest absolute Gasteiger partial charge is 0.0741 e. The predicted molar refractivity (Wildman–Crippen MR) is 51.6 cm³/mol. The van der Waals surface area contributed by atoms with Crippen LogP contribution in [0.25, 0.3) is 0 Å². The maximum Gasteiger partial charge on any atom is 0.0741 e. The van der Waals surface area contributed by atoms with Crippen LogP contribution < -0.4 is 5.32 Å². The fourth-order valence-electron chi connectivity index (χ4n) is 1.67. The van der Waals surface area contributed by atoms with Crippen molar-refractivity contribution in [2.24, 2.45) is 0 Å². The molecule has 2 atom stereocenters. The molecule has 66 valence electrons. The molecular weight excluding hydrogens is 170 g/mol. The average Bonchev–Trinajstić information content (AvgIpc) is 2.65. The molecule has 1 aromatic rings. The summed E-state index contributed by atoms with van der Waals surface area (Å²) in [6, 6.07) is 2.33. The van der Waals surface area contributed by atoms with Crippen molar-refractivity contribution in [1.82, 2.24) is 0 Å². The first-order chi connectivity index (χ1) is 5.86. The lowest BCUT2D eigenvalue weighted by molar-refractivity contribution is 0.172. The minimum Gasteiger partial charge on any atom is -0.391 e. The second-order valence-electron chi connectivity index (χ2n) is 3.26. The van der Waals surface area contributed by atoms with E-state index >= 15 is 0 Å². The predicted octanol–water partition coefficient (Wildman–Crippen LogP) is 2.07. The molecule has 12 heavy (non-hydrogen) atoms. The minimum atomic E-state index is -0.148. The maximum atomic E-state index is 9.53. The Bertz CT molecular complexity index is 235. The molecule has 0 aromatic carbocycles. The molecule has 0 spiro atoms. The zero-order valence-electron chi connectivity index (χ0n) is 6.86. The quantitative estimate of drug-likeness (QED) is 0.735. The number of thiophene rings is 1. The molecule has 0 radical (unpaired) electrons. The highest BCUT2D eigenvalue weighted by Crippen LogP contribution is 2.23. The average molecular weight is 183 g/mol. The molecule has 1 aliphatic rings. The molecule has 2 N–H and O–H groups in total. The number of rotatable bonds is 2. The van der Waals surface area contributed by atoms with Gasteiger partial charge in [-0.15, -0.1) is 0 Å². The molecule has 3 heteroatoms. The number of aliphatic hydroxyl groups is 1. The molecule has 0 aliphatic heterocycles. The molecule has 2 rings (SSSR count). The van der Waals surface area contributed by atoms with Gasteiger partial charge < -0.3 is 10.4 Å². The van der Waals surface area contributed by atoms with E-state index in [2.05, 4.69) is 16.8 Å². The molecule has 1 fully saturated rings. The summed E-state index contributed by atoms with van der Waals surface area (Å²) in [6.45, 7) is 0. The van der Waals surface area contributed by atoms with Crippen molar-refractivity contribution in [3.63, 3.8) is 0 Å². The van der Waals surface area contributed by atoms with Gasteiger partial charge in [-0.3, -0.25) is 0 Å². The number of hydrogen-bond acceptors (Lipinski definition) is 3. The normalized spacial score (nSPS) is 29.1. The van der Waals surface area contributed by atoms with Crippen LogP contribution in [0.15, 0.2) is 16.8 Å². The summed E-state index contributed by atoms with van der Waals surface area (Å²) >= 11 is 1.68. The fourth-order valence-corrected chi connectivity index (χ4v) is 2.27. The van der Waals surface area contributed by atoms with Gasteiger partial charge in [0.25, 0.3) is 0 Å². The topological polar surface area (TPSA) is 32.3 Å². The molecule has 1 heterocycles. The van der Waals surface area contributed by atoms with Crippen LogP contribution in [0.1, 0.15) is 19.3 Å². The van der Waals surface area contributed by atoms with Crippen LogP contribution in [-0.2, 0) is 0 Å². The van der Waals surface area contributed by atoms with E-state index in [9.17, 15) is 5.11 Å². The zero-order chi connectivity index (χ0) is 8.39. The van der Waals surface area contributed by atoms with Crippen LogP contribution >= 0.6 is 11.3 Å². The third-order valence-corrected chi connectivity index (χ3v) is 3.04. The van der Waals surface area contributed by atoms with E-state index in [0.717, 1.165) is 24.9 Å². The van der Waals surface area contributed by atoms with Gasteiger partial charge in [-0.1, -0.05) is 0 Å². The van der Waals surface area contributed by atoms with Crippen LogP contribution in [0.5, 0.6) is 0 Å². The molecule has 0 unspecified atom stereocenters. The Hall–Kier alpha value is -0.540. The van der Waals surface area contributed by atoms with E-state index in [4.69, 9.17) is 0 Å². The van der Waals surface area contributed by atoms with Crippen molar-refractivity contribution >= 4 is 17.0 Å². The van der Waals surface area contributed by atoms with Gasteiger partial charge in [0.2, 0.25) is 0 Å². The highest BCUT2D eigenvalue weighted by Gasteiger charge is 2.24. The number of anilines is 1. The summed E-state index contributed by atoms with van der Waals surface area (Å²) in [4.78, 5) is 0. The van der Waals surface area contributed by atoms with Gasteiger partial charge >= 0.3 is 0 Å². The summed E-state index contributed by atoms with van der Waals surface area (Å²) in [6.07, 6.45) is 3.03. The largest absolute Gasteiger partial charge is 0.391 e. The summed E-state index contributed by atoms with van der Waals surface area (Å²) < 4.78 is 0. The van der Waals surface area contributed by atoms with E-state index < -0.39 is 0 Å². The summed E-state index contributed by atoms with van der Waals surface area (Å²) in [7, 11) is 0. The van der Waals surface area contributed by atoms with Crippen molar-refractivity contribution in [1.29, 1.82) is 0 Å². The van der Waals surface area contributed by atoms with E-state index in [1.165, 1.54) is 0 Å². The molecule has 1 aliphatic carbocycles. The van der Waals surface area contributed by atoms with Crippen molar-refractivity contribution in [2.75, 3.05) is 5.32 Å². The van der Waals surface area contributed by atoms with E-state index in [1.54, 1.807) is 11.3 Å². The lowest BCUT2D eigenvalue weighted by atomic mass is 10.2. The standard InChI is InChI=1S/C9H13NOS/c11-9-3-1-2-8(9)10-7-4-5-12-6-7/h4-6,8-11H,1-3H2/t8-,9-/m1/s1. The van der Waals surface area contributed by atoms with Gasteiger partial charge in [0, 0.05) is 11.1 Å². The first-order valence-corrected chi connectivity index (χ1v) is 5.27. The highest BCUT2D eigenvalue weighted by molar-refractivity contribution is 7.08. The first-order valence-electron chi connectivity index (χ1n) is 4.33. The van der Waals surface area contributed by atoms with Crippen LogP contribution in [0, 0.1) is 0 Å². The van der Waals surface area contributed by atoms with E-state index in [-0.39, 0.29) is 12.1 Å². The third kappa shape index (κ3) is 1.62. The minimum absolute atomic E-state index is 0.148. The molecule has 0 amide bonds. The maximum absolute atomic E-state index is 9.53. The lowest BCUT2D eigenvalue weighted by Crippen LogP contribution is -2.27. The molecule has 0 saturated heterocycles. The Balaban J connectivity index is 1.95. The van der Waals surface area contributed by atoms with Crippen LogP contribution in [-0.4, -0.2) is 17.3 Å². The summed E-state index contributed by atoms with van der Waals surface area (Å²) in [5, 5.41) is 17.0. The highest BCUT2D eigenvalue weighted by atomic mass is 32.1. The zero-order valence-corrected chi connectivity index (χ0v) is 7.68. The van der Waals surface area contributed by atoms with Crippen LogP contribution in [0.2, 0.25) is 0 Å². The first kappa shape index (κ1) is 8.08. The third-order valence-electron chi connectivity index (χ3n) is 2.35. The summed E-state index contributed by atoms with van der Waals surface area (Å²) in [5.41, 5.74) is 1.14. The second kappa shape index (κ2) is 3.46. The lowest BCUT2D eigenvalue weighted by Gasteiger charge is -2.16. The summed E-state index contributed by atoms with van der Waals surface area (Å²) in [5.74, 6) is 0. The van der Waals surface area contributed by atoms with Crippen molar-refractivity contribution in [3.05, 3.63) is 16.8 Å². The molecule has 0 bridgehead atoms. The SMILES string of the molecule is O[C@@H]1CCC[C@H]1Nc1ccsc1. The van der Waals surface area contributed by atoms with Crippen molar-refractivity contribution < 1.29 is 5.11 Å². The monoisotopic (exact) mass is 183 g/mol. The molecular formula is C9H13NOS. The van der Waals surface area contributed by atoms with Gasteiger partial charge in [-0.25, -0.2) is 0 Å². The molecule has 1 saturated carbocycles. The second-order valence-corrected chi connectivity index (χ2v) is 4.04. The Morgan fingerprint density at radius 2 is 2.42 bits per heavy atom. The van der Waals surface area contributed by atoms with Gasteiger partial charge in [-0.2, -0.15) is 11.3 Å². The Kier molecular flexibility index (Phi) is 2.33. The molecule has 1 aromatic heterocycles. The van der Waals surface area contributed by atoms with E-state index in [0.29, 0.717) is 0 Å². The van der Waals surface area contributed by atoms with Gasteiger partial charge in [0.15, 0.2) is 0 Å². The van der Waals surface area contributed by atoms with Crippen molar-refractivity contribution in [3.8, 4) is 0 Å². The van der Waals surface area contributed by atoms with Gasteiger partial charge in [0.1, 0.15) is 0 Å². The number of hydrogen-bond donors (Lipinski definition) is 2. The molecule has 2 nitrogen and oxygen atoms in total. The van der Waals surface area contributed by atoms with Gasteiger partial charge in [-0.05, 0) is 30.7 Å². The van der Waals surface area contributed by atoms with Crippen LogP contribution in [0.3, 0.4) is 0 Å². The number of aliphatic hydroxyl groups excluding tert-OH is 1. The Morgan fingerprint density at radius 3 is 3.00 bits per heavy atom. The van der Waals surface area contributed by atoms with Crippen LogP contribution in [0.4, 0.5) is 5.69 Å². The fraction of sp³-hybridized carbons (Fsp3) is 0.556. The van der Waals surface area contributed by atoms with E-state index in [1.807, 2.05) is 5.38 Å². The van der Waals surface area contributed by atoms with Gasteiger partial charge in [0.05, 0.1) is 12.1 Å². The Morgan fingerprint density at radius 1 is 1.50 bits per heavy atom. The Labute approximate surface area is 76.2 Å². The number of nitrogens with one attached hydrogen (secondary N) is 1. The van der Waals surface area contributed by atoms with Crippen molar-refractivity contribution in [2.45, 2.75) is 31.4 Å².